The molecule has 0 saturated heterocycles. The van der Waals surface area contributed by atoms with Gasteiger partial charge in [0.1, 0.15) is 11.3 Å². The molecule has 3 aromatic rings. The van der Waals surface area contributed by atoms with Gasteiger partial charge in [-0.1, -0.05) is 37.3 Å². The van der Waals surface area contributed by atoms with Crippen LogP contribution in [-0.4, -0.2) is 24.9 Å². The van der Waals surface area contributed by atoms with Crippen molar-refractivity contribution in [3.05, 3.63) is 71.0 Å². The molecule has 0 fully saturated rings. The summed E-state index contributed by atoms with van der Waals surface area (Å²) >= 11 is 0. The third-order valence-electron chi connectivity index (χ3n) is 4.34. The number of hydrogen-bond donors (Lipinski definition) is 1. The molecular formula is C21H24N2O2. The SMILES string of the molecule is CCc1oc2ccccc2c1CNCc1ccc(C(=O)N(C)C)cc1. The Balaban J connectivity index is 1.66. The summed E-state index contributed by atoms with van der Waals surface area (Å²) in [5, 5.41) is 4.67. The predicted octanol–water partition coefficient (Wildman–Crippen LogP) is 3.99. The van der Waals surface area contributed by atoms with E-state index in [0.717, 1.165) is 36.4 Å². The molecule has 25 heavy (non-hydrogen) atoms. The largest absolute Gasteiger partial charge is 0.461 e. The average Bonchev–Trinajstić information content (AvgIpc) is 2.99. The first-order valence-electron chi connectivity index (χ1n) is 8.60. The van der Waals surface area contributed by atoms with Crippen molar-refractivity contribution in [3.8, 4) is 0 Å². The van der Waals surface area contributed by atoms with Gasteiger partial charge in [-0.05, 0) is 23.8 Å². The van der Waals surface area contributed by atoms with Gasteiger partial charge in [0.2, 0.25) is 0 Å². The number of furan rings is 1. The summed E-state index contributed by atoms with van der Waals surface area (Å²) < 4.78 is 5.93. The van der Waals surface area contributed by atoms with Gasteiger partial charge in [-0.25, -0.2) is 0 Å². The molecule has 1 N–H and O–H groups in total. The topological polar surface area (TPSA) is 45.5 Å². The lowest BCUT2D eigenvalue weighted by atomic mass is 10.1. The van der Waals surface area contributed by atoms with Gasteiger partial charge in [-0.15, -0.1) is 0 Å². The zero-order valence-electron chi connectivity index (χ0n) is 15.0. The lowest BCUT2D eigenvalue weighted by Gasteiger charge is -2.11. The second kappa shape index (κ2) is 7.53. The first kappa shape index (κ1) is 17.2. The third kappa shape index (κ3) is 3.74. The van der Waals surface area contributed by atoms with Crippen LogP contribution in [0.5, 0.6) is 0 Å². The van der Waals surface area contributed by atoms with Crippen LogP contribution >= 0.6 is 0 Å². The number of nitrogens with one attached hydrogen (secondary N) is 1. The number of rotatable bonds is 6. The minimum Gasteiger partial charge on any atom is -0.461 e. The molecule has 0 aliphatic carbocycles. The standard InChI is InChI=1S/C21H24N2O2/c1-4-19-18(17-7-5-6-8-20(17)25-19)14-22-13-15-9-11-16(12-10-15)21(24)23(2)3/h5-12,22H,4,13-14H2,1-3H3. The van der Waals surface area contributed by atoms with Crippen LogP contribution in [0.3, 0.4) is 0 Å². The van der Waals surface area contributed by atoms with Crippen molar-refractivity contribution in [2.75, 3.05) is 14.1 Å². The fraction of sp³-hybridized carbons (Fsp3) is 0.286. The number of carbonyl (C=O) groups is 1. The van der Waals surface area contributed by atoms with Crippen molar-refractivity contribution in [1.82, 2.24) is 10.2 Å². The Morgan fingerprint density at radius 1 is 1.04 bits per heavy atom. The summed E-state index contributed by atoms with van der Waals surface area (Å²) in [5.74, 6) is 1.07. The fourth-order valence-electron chi connectivity index (χ4n) is 2.98. The first-order valence-corrected chi connectivity index (χ1v) is 8.60. The number of para-hydroxylation sites is 1. The molecule has 4 nitrogen and oxygen atoms in total. The number of nitrogens with zero attached hydrogens (tertiary/aromatic N) is 1. The van der Waals surface area contributed by atoms with Gasteiger partial charge in [-0.2, -0.15) is 0 Å². The number of fused-ring (bicyclic) bond motifs is 1. The summed E-state index contributed by atoms with van der Waals surface area (Å²) in [6.45, 7) is 3.62. The van der Waals surface area contributed by atoms with Crippen LogP contribution in [0, 0.1) is 0 Å². The molecule has 4 heteroatoms. The predicted molar refractivity (Wildman–Crippen MR) is 101 cm³/mol. The van der Waals surface area contributed by atoms with Gasteiger partial charge >= 0.3 is 0 Å². The minimum absolute atomic E-state index is 0.0250. The highest BCUT2D eigenvalue weighted by atomic mass is 16.3. The maximum absolute atomic E-state index is 11.9. The Morgan fingerprint density at radius 3 is 2.44 bits per heavy atom. The molecule has 0 atom stereocenters. The molecule has 3 rings (SSSR count). The van der Waals surface area contributed by atoms with E-state index in [1.54, 1.807) is 19.0 Å². The summed E-state index contributed by atoms with van der Waals surface area (Å²) in [5.41, 5.74) is 4.05. The Labute approximate surface area is 148 Å². The lowest BCUT2D eigenvalue weighted by Crippen LogP contribution is -2.21. The first-order chi connectivity index (χ1) is 12.1. The molecule has 0 spiro atoms. The highest BCUT2D eigenvalue weighted by molar-refractivity contribution is 5.93. The lowest BCUT2D eigenvalue weighted by molar-refractivity contribution is 0.0827. The van der Waals surface area contributed by atoms with E-state index in [-0.39, 0.29) is 5.91 Å². The number of carbonyl (C=O) groups excluding carboxylic acids is 1. The summed E-state index contributed by atoms with van der Waals surface area (Å²) in [4.78, 5) is 13.5. The van der Waals surface area contributed by atoms with E-state index in [9.17, 15) is 4.79 Å². The molecular weight excluding hydrogens is 312 g/mol. The van der Waals surface area contributed by atoms with E-state index in [0.29, 0.717) is 5.56 Å². The molecule has 0 bridgehead atoms. The van der Waals surface area contributed by atoms with E-state index in [2.05, 4.69) is 18.3 Å². The van der Waals surface area contributed by atoms with Crippen molar-refractivity contribution in [3.63, 3.8) is 0 Å². The van der Waals surface area contributed by atoms with Gasteiger partial charge < -0.3 is 14.6 Å². The maximum atomic E-state index is 11.9. The monoisotopic (exact) mass is 336 g/mol. The van der Waals surface area contributed by atoms with Crippen molar-refractivity contribution in [2.24, 2.45) is 0 Å². The second-order valence-corrected chi connectivity index (χ2v) is 6.35. The van der Waals surface area contributed by atoms with Crippen LogP contribution < -0.4 is 5.32 Å². The molecule has 0 aliphatic rings. The van der Waals surface area contributed by atoms with Gasteiger partial charge in [-0.3, -0.25) is 4.79 Å². The Hall–Kier alpha value is -2.59. The smallest absolute Gasteiger partial charge is 0.253 e. The Morgan fingerprint density at radius 2 is 1.76 bits per heavy atom. The fourth-order valence-corrected chi connectivity index (χ4v) is 2.98. The van der Waals surface area contributed by atoms with E-state index < -0.39 is 0 Å². The normalized spacial score (nSPS) is 11.0. The van der Waals surface area contributed by atoms with Crippen LogP contribution in [0.25, 0.3) is 11.0 Å². The zero-order chi connectivity index (χ0) is 17.8. The van der Waals surface area contributed by atoms with Crippen LogP contribution in [0.4, 0.5) is 0 Å². The van der Waals surface area contributed by atoms with Crippen LogP contribution in [0.15, 0.2) is 52.9 Å². The van der Waals surface area contributed by atoms with Crippen molar-refractivity contribution in [2.45, 2.75) is 26.4 Å². The molecule has 0 aliphatic heterocycles. The maximum Gasteiger partial charge on any atom is 0.253 e. The van der Waals surface area contributed by atoms with E-state index in [4.69, 9.17) is 4.42 Å². The van der Waals surface area contributed by atoms with Gasteiger partial charge in [0, 0.05) is 50.1 Å². The summed E-state index contributed by atoms with van der Waals surface area (Å²) in [6, 6.07) is 15.9. The zero-order valence-corrected chi connectivity index (χ0v) is 15.0. The van der Waals surface area contributed by atoms with Crippen LogP contribution in [0.2, 0.25) is 0 Å². The van der Waals surface area contributed by atoms with Crippen molar-refractivity contribution in [1.29, 1.82) is 0 Å². The quantitative estimate of drug-likeness (QED) is 0.740. The summed E-state index contributed by atoms with van der Waals surface area (Å²) in [7, 11) is 3.52. The molecule has 1 aromatic heterocycles. The highest BCUT2D eigenvalue weighted by Crippen LogP contribution is 2.26. The minimum atomic E-state index is 0.0250. The van der Waals surface area contributed by atoms with Crippen molar-refractivity contribution < 1.29 is 9.21 Å². The highest BCUT2D eigenvalue weighted by Gasteiger charge is 2.12. The molecule has 1 amide bonds. The van der Waals surface area contributed by atoms with E-state index >= 15 is 0 Å². The molecule has 0 radical (unpaired) electrons. The molecule has 2 aromatic carbocycles. The molecule has 0 saturated carbocycles. The number of benzene rings is 2. The van der Waals surface area contributed by atoms with E-state index in [1.807, 2.05) is 42.5 Å². The Bertz CT molecular complexity index is 863. The van der Waals surface area contributed by atoms with Gasteiger partial charge in [0.05, 0.1) is 0 Å². The number of amides is 1. The molecule has 1 heterocycles. The Kier molecular flexibility index (Phi) is 5.19. The van der Waals surface area contributed by atoms with E-state index in [1.165, 1.54) is 10.9 Å². The van der Waals surface area contributed by atoms with Gasteiger partial charge in [0.15, 0.2) is 0 Å². The third-order valence-corrected chi connectivity index (χ3v) is 4.34. The number of hydrogen-bond acceptors (Lipinski definition) is 3. The van der Waals surface area contributed by atoms with Crippen LogP contribution in [-0.2, 0) is 19.5 Å². The number of aryl methyl sites for hydroxylation is 1. The summed E-state index contributed by atoms with van der Waals surface area (Å²) in [6.07, 6.45) is 0.882. The average molecular weight is 336 g/mol. The van der Waals surface area contributed by atoms with Crippen LogP contribution in [0.1, 0.15) is 34.2 Å². The van der Waals surface area contributed by atoms with Crippen molar-refractivity contribution >= 4 is 16.9 Å². The molecule has 130 valence electrons. The van der Waals surface area contributed by atoms with Gasteiger partial charge in [0.25, 0.3) is 5.91 Å². The second-order valence-electron chi connectivity index (χ2n) is 6.35. The molecule has 0 unspecified atom stereocenters.